The molecule has 1 aliphatic carbocycles. The lowest BCUT2D eigenvalue weighted by Crippen LogP contribution is -2.54. The van der Waals surface area contributed by atoms with Gasteiger partial charge in [0.25, 0.3) is 5.91 Å². The minimum atomic E-state index is -0.981. The van der Waals surface area contributed by atoms with Crippen molar-refractivity contribution in [3.8, 4) is 17.1 Å². The summed E-state index contributed by atoms with van der Waals surface area (Å²) in [5, 5.41) is 0.783. The molecule has 0 spiro atoms. The van der Waals surface area contributed by atoms with Crippen molar-refractivity contribution in [2.75, 3.05) is 44.2 Å². The first-order valence-electron chi connectivity index (χ1n) is 15.8. The van der Waals surface area contributed by atoms with Gasteiger partial charge in [0.15, 0.2) is 11.6 Å². The Bertz CT molecular complexity index is 1640. The zero-order valence-corrected chi connectivity index (χ0v) is 25.9. The Morgan fingerprint density at radius 1 is 1.11 bits per heavy atom. The first kappa shape index (κ1) is 29.4. The van der Waals surface area contributed by atoms with Gasteiger partial charge < -0.3 is 14.5 Å². The fourth-order valence-corrected chi connectivity index (χ4v) is 8.29. The Balaban J connectivity index is 1.32. The fraction of sp³-hybridized carbons (Fsp3) is 0.500. The van der Waals surface area contributed by atoms with Crippen LogP contribution in [0.3, 0.4) is 0 Å². The number of aryl methyl sites for hydroxylation is 1. The number of carbonyl (C=O) groups excluding carboxylic acids is 1. The third kappa shape index (κ3) is 5.02. The van der Waals surface area contributed by atoms with Crippen LogP contribution in [-0.4, -0.2) is 76.6 Å². The van der Waals surface area contributed by atoms with Gasteiger partial charge in [-0.3, -0.25) is 9.69 Å². The van der Waals surface area contributed by atoms with Crippen LogP contribution >= 0.6 is 11.6 Å². The number of amides is 1. The summed E-state index contributed by atoms with van der Waals surface area (Å²) in [5.74, 6) is -1.68. The highest BCUT2D eigenvalue weighted by molar-refractivity contribution is 6.34. The van der Waals surface area contributed by atoms with E-state index in [2.05, 4.69) is 17.5 Å². The van der Waals surface area contributed by atoms with Crippen molar-refractivity contribution in [1.82, 2.24) is 19.8 Å². The molecule has 0 radical (unpaired) electrons. The zero-order valence-electron chi connectivity index (χ0n) is 25.2. The van der Waals surface area contributed by atoms with E-state index in [1.165, 1.54) is 10.5 Å². The maximum absolute atomic E-state index is 16.9. The van der Waals surface area contributed by atoms with Crippen LogP contribution in [0, 0.1) is 5.82 Å². The normalized spacial score (nSPS) is 21.4. The fourth-order valence-electron chi connectivity index (χ4n) is 7.99. The lowest BCUT2D eigenvalue weighted by Gasteiger charge is -2.40. The molecule has 3 fully saturated rings. The molecule has 4 aliphatic rings. The Kier molecular flexibility index (Phi) is 7.73. The van der Waals surface area contributed by atoms with Crippen LogP contribution in [0.4, 0.5) is 14.6 Å². The van der Waals surface area contributed by atoms with E-state index in [4.69, 9.17) is 26.3 Å². The average molecular weight is 622 g/mol. The van der Waals surface area contributed by atoms with Gasteiger partial charge in [-0.15, -0.1) is 0 Å². The number of rotatable bonds is 6. The molecule has 2 aromatic carbocycles. The van der Waals surface area contributed by atoms with E-state index in [0.29, 0.717) is 34.9 Å². The second-order valence-electron chi connectivity index (χ2n) is 12.8. The van der Waals surface area contributed by atoms with Crippen LogP contribution in [0.25, 0.3) is 22.0 Å². The summed E-state index contributed by atoms with van der Waals surface area (Å²) in [6, 6.07) is 7.70. The predicted octanol–water partition coefficient (Wildman–Crippen LogP) is 6.50. The molecule has 4 heterocycles. The lowest BCUT2D eigenvalue weighted by molar-refractivity contribution is -0.129. The van der Waals surface area contributed by atoms with Gasteiger partial charge in [-0.2, -0.15) is 9.97 Å². The molecular formula is C34H38ClF2N5O2. The summed E-state index contributed by atoms with van der Waals surface area (Å²) in [6.45, 7) is 8.60. The molecule has 1 atom stereocenters. The minimum absolute atomic E-state index is 0.0284. The molecule has 7 rings (SSSR count). The molecule has 0 bridgehead atoms. The topological polar surface area (TPSA) is 61.8 Å². The number of piperazine rings is 1. The Hall–Kier alpha value is -3.30. The van der Waals surface area contributed by atoms with E-state index >= 15 is 4.39 Å². The molecule has 10 heteroatoms. The summed E-state index contributed by atoms with van der Waals surface area (Å²) < 4.78 is 36.9. The molecule has 1 aromatic heterocycles. The smallest absolute Gasteiger partial charge is 0.319 e. The summed E-state index contributed by atoms with van der Waals surface area (Å²) in [6.07, 6.45) is 8.43. The number of aromatic nitrogens is 2. The largest absolute Gasteiger partial charge is 0.461 e. The zero-order chi connectivity index (χ0) is 30.6. The number of hydrogen-bond acceptors (Lipinski definition) is 6. The van der Waals surface area contributed by atoms with Gasteiger partial charge in [0.1, 0.15) is 17.9 Å². The molecule has 232 valence electrons. The van der Waals surface area contributed by atoms with Crippen LogP contribution in [-0.2, 0) is 17.6 Å². The standard InChI is InChI=1S/C34H38ClF2N5O2/c1-21-19-40(32(43)22(2)36)16-17-42(21)31-26-18-27(35)28(25-11-5-9-23-8-3-4-10-24(23)25)29(37)30(26)38-33(39-31)44-20-34-12-6-14-41(34)15-7-13-34/h5,9,11,18,21H,2-4,6-8,10,12-17,19-20H2,1H3/t21-/m0/s1. The van der Waals surface area contributed by atoms with Gasteiger partial charge in [0, 0.05) is 36.6 Å². The first-order valence-corrected chi connectivity index (χ1v) is 16.2. The number of fused-ring (bicyclic) bond motifs is 3. The molecular weight excluding hydrogens is 584 g/mol. The van der Waals surface area contributed by atoms with Gasteiger partial charge >= 0.3 is 6.01 Å². The van der Waals surface area contributed by atoms with E-state index < -0.39 is 17.6 Å². The Morgan fingerprint density at radius 2 is 1.89 bits per heavy atom. The average Bonchev–Trinajstić information content (AvgIpc) is 3.60. The number of anilines is 1. The predicted molar refractivity (Wildman–Crippen MR) is 168 cm³/mol. The third-order valence-electron chi connectivity index (χ3n) is 10.2. The van der Waals surface area contributed by atoms with Gasteiger partial charge in [0.05, 0.1) is 10.6 Å². The molecule has 3 aromatic rings. The first-order chi connectivity index (χ1) is 21.3. The van der Waals surface area contributed by atoms with Gasteiger partial charge in [-0.05, 0) is 94.1 Å². The third-order valence-corrected chi connectivity index (χ3v) is 10.5. The number of ether oxygens (including phenoxy) is 1. The number of carbonyl (C=O) groups is 1. The molecule has 0 saturated carbocycles. The number of halogens is 3. The number of nitrogens with zero attached hydrogens (tertiary/aromatic N) is 5. The summed E-state index contributed by atoms with van der Waals surface area (Å²) in [5.41, 5.74) is 3.69. The highest BCUT2D eigenvalue weighted by Crippen LogP contribution is 2.43. The number of hydrogen-bond donors (Lipinski definition) is 0. The van der Waals surface area contributed by atoms with Gasteiger partial charge in [-0.1, -0.05) is 36.4 Å². The quantitative estimate of drug-likeness (QED) is 0.293. The lowest BCUT2D eigenvalue weighted by atomic mass is 9.85. The van der Waals surface area contributed by atoms with Crippen molar-refractivity contribution >= 4 is 34.2 Å². The van der Waals surface area contributed by atoms with Crippen molar-refractivity contribution in [2.24, 2.45) is 0 Å². The van der Waals surface area contributed by atoms with Crippen molar-refractivity contribution in [2.45, 2.75) is 69.9 Å². The van der Waals surface area contributed by atoms with Crippen molar-refractivity contribution < 1.29 is 18.3 Å². The SMILES string of the molecule is C=C(F)C(=O)N1CCN(c2nc(OCC34CCCN3CCC4)nc3c(F)c(-c4cccc5c4CCCC5)c(Cl)cc23)[C@@H](C)C1. The van der Waals surface area contributed by atoms with Crippen molar-refractivity contribution in [3.63, 3.8) is 0 Å². The van der Waals surface area contributed by atoms with E-state index in [1.807, 2.05) is 24.0 Å². The molecule has 3 saturated heterocycles. The van der Waals surface area contributed by atoms with Crippen molar-refractivity contribution in [1.29, 1.82) is 0 Å². The Morgan fingerprint density at radius 3 is 2.64 bits per heavy atom. The van der Waals surface area contributed by atoms with Crippen LogP contribution in [0.15, 0.2) is 36.7 Å². The second-order valence-corrected chi connectivity index (χ2v) is 13.2. The highest BCUT2D eigenvalue weighted by atomic mass is 35.5. The minimum Gasteiger partial charge on any atom is -0.461 e. The maximum atomic E-state index is 16.9. The maximum Gasteiger partial charge on any atom is 0.319 e. The molecule has 0 unspecified atom stereocenters. The molecule has 44 heavy (non-hydrogen) atoms. The van der Waals surface area contributed by atoms with E-state index in [1.54, 1.807) is 6.07 Å². The van der Waals surface area contributed by atoms with E-state index in [0.717, 1.165) is 75.6 Å². The van der Waals surface area contributed by atoms with Crippen LogP contribution in [0.2, 0.25) is 5.02 Å². The molecule has 1 amide bonds. The van der Waals surface area contributed by atoms with Gasteiger partial charge in [-0.25, -0.2) is 8.78 Å². The Labute approximate surface area is 261 Å². The van der Waals surface area contributed by atoms with E-state index in [9.17, 15) is 9.18 Å². The van der Waals surface area contributed by atoms with E-state index in [-0.39, 0.29) is 36.2 Å². The second kappa shape index (κ2) is 11.6. The van der Waals surface area contributed by atoms with Crippen LogP contribution in [0.5, 0.6) is 6.01 Å². The monoisotopic (exact) mass is 621 g/mol. The van der Waals surface area contributed by atoms with Gasteiger partial charge in [0.2, 0.25) is 0 Å². The van der Waals surface area contributed by atoms with Crippen LogP contribution < -0.4 is 9.64 Å². The summed E-state index contributed by atoms with van der Waals surface area (Å²) in [4.78, 5) is 27.9. The highest BCUT2D eigenvalue weighted by Gasteiger charge is 2.45. The van der Waals surface area contributed by atoms with Crippen molar-refractivity contribution in [3.05, 3.63) is 58.6 Å². The molecule has 3 aliphatic heterocycles. The molecule has 7 nitrogen and oxygen atoms in total. The van der Waals surface area contributed by atoms with Crippen LogP contribution in [0.1, 0.15) is 56.6 Å². The molecule has 0 N–H and O–H groups in total. The summed E-state index contributed by atoms with van der Waals surface area (Å²) in [7, 11) is 0. The summed E-state index contributed by atoms with van der Waals surface area (Å²) >= 11 is 6.92. The number of benzene rings is 2.